The highest BCUT2D eigenvalue weighted by Crippen LogP contribution is 2.28. The van der Waals surface area contributed by atoms with Gasteiger partial charge in [0.05, 0.1) is 0 Å². The first-order valence-electron chi connectivity index (χ1n) is 6.62. The molecule has 4 heteroatoms. The van der Waals surface area contributed by atoms with Crippen LogP contribution in [0.25, 0.3) is 0 Å². The van der Waals surface area contributed by atoms with Gasteiger partial charge in [-0.15, -0.1) is 0 Å². The number of phenolic OH excluding ortho intramolecular Hbond substituents is 1. The van der Waals surface area contributed by atoms with E-state index in [2.05, 4.69) is 35.1 Å². The Kier molecular flexibility index (Phi) is 5.85. The van der Waals surface area contributed by atoms with E-state index in [0.717, 1.165) is 18.2 Å². The molecule has 0 aliphatic heterocycles. The topological polar surface area (TPSA) is 49.3 Å². The number of rotatable bonds is 6. The minimum absolute atomic E-state index is 0.0976. The van der Waals surface area contributed by atoms with Crippen LogP contribution in [0.2, 0.25) is 0 Å². The van der Waals surface area contributed by atoms with Gasteiger partial charge in [0.1, 0.15) is 5.75 Å². The third-order valence-electron chi connectivity index (χ3n) is 3.96. The largest absolute Gasteiger partial charge is 0.508 e. The van der Waals surface area contributed by atoms with Crippen LogP contribution in [0.3, 0.4) is 0 Å². The Balaban J connectivity index is 2.78. The summed E-state index contributed by atoms with van der Waals surface area (Å²) in [6.07, 6.45) is 2.02. The number of alkyl halides is 1. The molecule has 0 aliphatic carbocycles. The van der Waals surface area contributed by atoms with Crippen LogP contribution in [-0.2, 0) is 0 Å². The third-order valence-corrected chi connectivity index (χ3v) is 5.15. The van der Waals surface area contributed by atoms with Gasteiger partial charge in [-0.25, -0.2) is 0 Å². The lowest BCUT2D eigenvalue weighted by atomic mass is 9.84. The third kappa shape index (κ3) is 3.72. The quantitative estimate of drug-likeness (QED) is 0.784. The molecular formula is C15H22BrNO2. The molecule has 106 valence electrons. The molecule has 0 radical (unpaired) electrons. The fraction of sp³-hybridized carbons (Fsp3) is 0.533. The molecule has 0 atom stereocenters. The fourth-order valence-corrected chi connectivity index (χ4v) is 2.96. The minimum atomic E-state index is -0.124. The van der Waals surface area contributed by atoms with E-state index in [1.54, 1.807) is 25.1 Å². The lowest BCUT2D eigenvalue weighted by molar-refractivity contribution is 0.0931. The maximum Gasteiger partial charge on any atom is 0.251 e. The number of halogens is 1. The van der Waals surface area contributed by atoms with E-state index in [4.69, 9.17) is 0 Å². The Hall–Kier alpha value is -1.03. The van der Waals surface area contributed by atoms with Crippen molar-refractivity contribution < 1.29 is 9.90 Å². The summed E-state index contributed by atoms with van der Waals surface area (Å²) in [5.41, 5.74) is 1.26. The van der Waals surface area contributed by atoms with Crippen molar-refractivity contribution in [2.24, 2.45) is 5.41 Å². The maximum atomic E-state index is 12.2. The van der Waals surface area contributed by atoms with Gasteiger partial charge in [-0.3, -0.25) is 4.79 Å². The first-order chi connectivity index (χ1) is 8.99. The molecule has 2 N–H and O–H groups in total. The molecule has 0 fully saturated rings. The van der Waals surface area contributed by atoms with Crippen molar-refractivity contribution in [2.45, 2.75) is 33.6 Å². The van der Waals surface area contributed by atoms with Crippen LogP contribution in [0, 0.1) is 12.3 Å². The van der Waals surface area contributed by atoms with Crippen molar-refractivity contribution >= 4 is 21.8 Å². The molecule has 0 spiro atoms. The Labute approximate surface area is 123 Å². The van der Waals surface area contributed by atoms with E-state index in [-0.39, 0.29) is 17.1 Å². The number of nitrogens with one attached hydrogen (secondary N) is 1. The van der Waals surface area contributed by atoms with Crippen LogP contribution < -0.4 is 5.32 Å². The highest BCUT2D eigenvalue weighted by atomic mass is 79.9. The van der Waals surface area contributed by atoms with Crippen LogP contribution in [-0.4, -0.2) is 22.9 Å². The fourth-order valence-electron chi connectivity index (χ4n) is 1.97. The maximum absolute atomic E-state index is 12.2. The molecule has 1 aromatic rings. The zero-order chi connectivity index (χ0) is 14.5. The number of carbonyl (C=O) groups excluding carboxylic acids is 1. The molecule has 0 unspecified atom stereocenters. The monoisotopic (exact) mass is 327 g/mol. The van der Waals surface area contributed by atoms with Crippen LogP contribution >= 0.6 is 15.9 Å². The van der Waals surface area contributed by atoms with E-state index in [0.29, 0.717) is 17.7 Å². The van der Waals surface area contributed by atoms with Gasteiger partial charge in [0.25, 0.3) is 5.91 Å². The van der Waals surface area contributed by atoms with E-state index in [9.17, 15) is 9.90 Å². The molecule has 0 bridgehead atoms. The predicted octanol–water partition coefficient (Wildman–Crippen LogP) is 3.63. The number of hydrogen-bond acceptors (Lipinski definition) is 2. The van der Waals surface area contributed by atoms with Crippen LogP contribution in [0.15, 0.2) is 18.2 Å². The highest BCUT2D eigenvalue weighted by molar-refractivity contribution is 9.09. The van der Waals surface area contributed by atoms with Crippen molar-refractivity contribution in [3.63, 3.8) is 0 Å². The summed E-state index contributed by atoms with van der Waals surface area (Å²) in [5, 5.41) is 13.5. The summed E-state index contributed by atoms with van der Waals surface area (Å²) in [6.45, 7) is 6.66. The first kappa shape index (κ1) is 16.0. The molecule has 1 amide bonds. The normalized spacial score (nSPS) is 11.4. The Morgan fingerprint density at radius 3 is 2.53 bits per heavy atom. The van der Waals surface area contributed by atoms with Crippen LogP contribution in [0.5, 0.6) is 5.75 Å². The van der Waals surface area contributed by atoms with Gasteiger partial charge in [0, 0.05) is 23.0 Å². The second kappa shape index (κ2) is 6.94. The smallest absolute Gasteiger partial charge is 0.251 e. The van der Waals surface area contributed by atoms with Gasteiger partial charge >= 0.3 is 0 Å². The molecule has 1 rings (SSSR count). The summed E-state index contributed by atoms with van der Waals surface area (Å²) in [4.78, 5) is 12.2. The molecular weight excluding hydrogens is 306 g/mol. The number of amides is 1. The molecule has 1 aromatic carbocycles. The van der Waals surface area contributed by atoms with Gasteiger partial charge in [0.15, 0.2) is 0 Å². The van der Waals surface area contributed by atoms with Crippen LogP contribution in [0.4, 0.5) is 0 Å². The number of benzene rings is 1. The molecule has 3 nitrogen and oxygen atoms in total. The highest BCUT2D eigenvalue weighted by Gasteiger charge is 2.25. The van der Waals surface area contributed by atoms with Gasteiger partial charge in [-0.05, 0) is 37.3 Å². The summed E-state index contributed by atoms with van der Waals surface area (Å²) < 4.78 is 0. The molecule has 19 heavy (non-hydrogen) atoms. The van der Waals surface area contributed by atoms with Gasteiger partial charge in [0.2, 0.25) is 0 Å². The second-order valence-electron chi connectivity index (χ2n) is 4.97. The van der Waals surface area contributed by atoms with Crippen molar-refractivity contribution in [3.05, 3.63) is 29.3 Å². The standard InChI is InChI=1S/C15H22BrNO2/c1-4-15(5-2,9-16)10-17-14(19)12-7-6-8-13(18)11(12)3/h6-8,18H,4-5,9-10H2,1-3H3,(H,17,19). The zero-order valence-electron chi connectivity index (χ0n) is 11.8. The van der Waals surface area contributed by atoms with E-state index >= 15 is 0 Å². The lowest BCUT2D eigenvalue weighted by Gasteiger charge is -2.29. The molecule has 0 saturated carbocycles. The van der Waals surface area contributed by atoms with Gasteiger partial charge < -0.3 is 10.4 Å². The molecule has 0 saturated heterocycles. The molecule has 0 heterocycles. The van der Waals surface area contributed by atoms with Crippen LogP contribution in [0.1, 0.15) is 42.6 Å². The lowest BCUT2D eigenvalue weighted by Crippen LogP contribution is -2.38. The Bertz CT molecular complexity index is 434. The summed E-state index contributed by atoms with van der Waals surface area (Å²) in [6, 6.07) is 5.01. The first-order valence-corrected chi connectivity index (χ1v) is 7.74. The Morgan fingerprint density at radius 2 is 2.00 bits per heavy atom. The average Bonchev–Trinajstić information content (AvgIpc) is 2.44. The van der Waals surface area contributed by atoms with E-state index in [1.807, 2.05) is 0 Å². The zero-order valence-corrected chi connectivity index (χ0v) is 13.4. The SMILES string of the molecule is CCC(CC)(CBr)CNC(=O)c1cccc(O)c1C. The van der Waals surface area contributed by atoms with Gasteiger partial charge in [-0.2, -0.15) is 0 Å². The van der Waals surface area contributed by atoms with E-state index in [1.165, 1.54) is 0 Å². The summed E-state index contributed by atoms with van der Waals surface area (Å²) in [7, 11) is 0. The number of aromatic hydroxyl groups is 1. The number of phenols is 1. The number of hydrogen-bond donors (Lipinski definition) is 2. The van der Waals surface area contributed by atoms with Crippen molar-refractivity contribution in [1.29, 1.82) is 0 Å². The van der Waals surface area contributed by atoms with Crippen molar-refractivity contribution in [2.75, 3.05) is 11.9 Å². The van der Waals surface area contributed by atoms with E-state index < -0.39 is 0 Å². The molecule has 0 aliphatic rings. The summed E-state index contributed by atoms with van der Waals surface area (Å²) in [5.74, 6) is 0.0333. The minimum Gasteiger partial charge on any atom is -0.508 e. The number of carbonyl (C=O) groups is 1. The van der Waals surface area contributed by atoms with Crippen molar-refractivity contribution in [1.82, 2.24) is 5.32 Å². The predicted molar refractivity (Wildman–Crippen MR) is 82.0 cm³/mol. The average molecular weight is 328 g/mol. The van der Waals surface area contributed by atoms with Gasteiger partial charge in [-0.1, -0.05) is 35.8 Å². The second-order valence-corrected chi connectivity index (χ2v) is 5.53. The molecule has 0 aromatic heterocycles. The van der Waals surface area contributed by atoms with Crippen molar-refractivity contribution in [3.8, 4) is 5.75 Å². The Morgan fingerprint density at radius 1 is 1.37 bits per heavy atom. The summed E-state index contributed by atoms with van der Waals surface area (Å²) >= 11 is 3.53.